The number of rotatable bonds is 11. The highest BCUT2D eigenvalue weighted by Crippen LogP contribution is 2.14. The second-order valence-corrected chi connectivity index (χ2v) is 7.08. The van der Waals surface area contributed by atoms with Gasteiger partial charge in [0.15, 0.2) is 5.96 Å². The van der Waals surface area contributed by atoms with Gasteiger partial charge in [-0.3, -0.25) is 4.99 Å². The Morgan fingerprint density at radius 2 is 2.11 bits per heavy atom. The summed E-state index contributed by atoms with van der Waals surface area (Å²) in [5, 5.41) is 15.5. The smallest absolute Gasteiger partial charge is 0.191 e. The maximum atomic E-state index is 5.10. The summed E-state index contributed by atoms with van der Waals surface area (Å²) in [5.41, 5.74) is 0. The van der Waals surface area contributed by atoms with Gasteiger partial charge in [0, 0.05) is 59.3 Å². The Morgan fingerprint density at radius 1 is 1.22 bits per heavy atom. The zero-order valence-electron chi connectivity index (χ0n) is 17.3. The Balaban J connectivity index is 1.74. The van der Waals surface area contributed by atoms with Gasteiger partial charge >= 0.3 is 0 Å². The van der Waals surface area contributed by atoms with Gasteiger partial charge in [-0.1, -0.05) is 6.42 Å². The van der Waals surface area contributed by atoms with Crippen LogP contribution in [0.2, 0.25) is 0 Å². The largest absolute Gasteiger partial charge is 0.385 e. The summed E-state index contributed by atoms with van der Waals surface area (Å²) in [5.74, 6) is 3.12. The number of guanidine groups is 1. The van der Waals surface area contributed by atoms with E-state index in [0.29, 0.717) is 0 Å². The van der Waals surface area contributed by atoms with Crippen LogP contribution in [0.3, 0.4) is 0 Å². The van der Waals surface area contributed by atoms with Gasteiger partial charge in [0.25, 0.3) is 0 Å². The molecule has 27 heavy (non-hydrogen) atoms. The number of nitrogens with one attached hydrogen (secondary N) is 2. The maximum Gasteiger partial charge on any atom is 0.191 e. The van der Waals surface area contributed by atoms with Gasteiger partial charge < -0.3 is 24.8 Å². The second kappa shape index (κ2) is 12.7. The average Bonchev–Trinajstić information content (AvgIpc) is 2.88. The van der Waals surface area contributed by atoms with E-state index in [4.69, 9.17) is 4.74 Å². The Hall–Kier alpha value is -1.67. The highest BCUT2D eigenvalue weighted by Gasteiger charge is 2.14. The molecule has 154 valence electrons. The summed E-state index contributed by atoms with van der Waals surface area (Å²) in [6, 6.07) is 0. The van der Waals surface area contributed by atoms with E-state index in [1.165, 1.54) is 19.3 Å². The highest BCUT2D eigenvalue weighted by molar-refractivity contribution is 5.79. The van der Waals surface area contributed by atoms with Crippen molar-refractivity contribution in [3.63, 3.8) is 0 Å². The minimum atomic E-state index is 0.777. The number of aliphatic imine (C=N–C) groups is 1. The lowest BCUT2D eigenvalue weighted by molar-refractivity contribution is 0.180. The predicted molar refractivity (Wildman–Crippen MR) is 109 cm³/mol. The van der Waals surface area contributed by atoms with Crippen molar-refractivity contribution in [1.82, 2.24) is 30.3 Å². The molecule has 1 aromatic rings. The van der Waals surface area contributed by atoms with E-state index in [2.05, 4.69) is 49.3 Å². The first kappa shape index (κ1) is 21.6. The van der Waals surface area contributed by atoms with Gasteiger partial charge in [-0.05, 0) is 33.2 Å². The Labute approximate surface area is 163 Å². The monoisotopic (exact) mass is 379 g/mol. The summed E-state index contributed by atoms with van der Waals surface area (Å²) in [6.45, 7) is 8.38. The molecule has 0 fully saturated rings. The quantitative estimate of drug-likeness (QED) is 0.340. The third kappa shape index (κ3) is 7.84. The van der Waals surface area contributed by atoms with Crippen molar-refractivity contribution in [1.29, 1.82) is 0 Å². The zero-order valence-corrected chi connectivity index (χ0v) is 17.3. The molecule has 0 atom stereocenters. The molecule has 1 aliphatic rings. The fraction of sp³-hybridized carbons (Fsp3) is 0.842. The molecule has 0 spiro atoms. The van der Waals surface area contributed by atoms with Gasteiger partial charge in [-0.25, -0.2) is 0 Å². The van der Waals surface area contributed by atoms with E-state index in [0.717, 1.165) is 82.7 Å². The first-order valence-electron chi connectivity index (χ1n) is 10.3. The van der Waals surface area contributed by atoms with Gasteiger partial charge in [-0.2, -0.15) is 0 Å². The predicted octanol–water partition coefficient (Wildman–Crippen LogP) is 1.07. The van der Waals surface area contributed by atoms with Crippen LogP contribution in [0, 0.1) is 0 Å². The normalized spacial score (nSPS) is 14.9. The highest BCUT2D eigenvalue weighted by atomic mass is 16.5. The van der Waals surface area contributed by atoms with Crippen molar-refractivity contribution in [2.45, 2.75) is 52.0 Å². The Bertz CT molecular complexity index is 558. The first-order chi connectivity index (χ1) is 13.2. The summed E-state index contributed by atoms with van der Waals surface area (Å²) >= 11 is 0. The molecule has 0 radical (unpaired) electrons. The first-order valence-corrected chi connectivity index (χ1v) is 10.3. The van der Waals surface area contributed by atoms with E-state index < -0.39 is 0 Å². The number of nitrogens with zero attached hydrogens (tertiary/aromatic N) is 5. The van der Waals surface area contributed by atoms with Crippen LogP contribution in [0.4, 0.5) is 0 Å². The number of hydrogen-bond donors (Lipinski definition) is 2. The molecule has 0 saturated carbocycles. The third-order valence-corrected chi connectivity index (χ3v) is 4.81. The Kier molecular flexibility index (Phi) is 10.1. The fourth-order valence-corrected chi connectivity index (χ4v) is 3.29. The fourth-order valence-electron chi connectivity index (χ4n) is 3.29. The number of aromatic nitrogens is 3. The SMILES string of the molecule is CCNC(=NCCN(C)CCCOC)NCCc1nnc2n1CCCCC2. The molecule has 2 rings (SSSR count). The molecule has 0 saturated heterocycles. The molecule has 2 heterocycles. The van der Waals surface area contributed by atoms with Crippen molar-refractivity contribution in [2.75, 3.05) is 53.5 Å². The van der Waals surface area contributed by atoms with Gasteiger partial charge in [0.2, 0.25) is 0 Å². The van der Waals surface area contributed by atoms with Crippen LogP contribution in [-0.2, 0) is 24.1 Å². The molecule has 0 unspecified atom stereocenters. The average molecular weight is 380 g/mol. The molecular formula is C19H37N7O. The Morgan fingerprint density at radius 3 is 2.93 bits per heavy atom. The number of fused-ring (bicyclic) bond motifs is 1. The molecule has 2 N–H and O–H groups in total. The van der Waals surface area contributed by atoms with Crippen LogP contribution in [0.1, 0.15) is 44.3 Å². The van der Waals surface area contributed by atoms with Crippen LogP contribution in [-0.4, -0.2) is 79.1 Å². The minimum Gasteiger partial charge on any atom is -0.385 e. The molecule has 0 aromatic carbocycles. The van der Waals surface area contributed by atoms with Crippen molar-refractivity contribution >= 4 is 5.96 Å². The lowest BCUT2D eigenvalue weighted by atomic mass is 10.2. The van der Waals surface area contributed by atoms with E-state index >= 15 is 0 Å². The van der Waals surface area contributed by atoms with Crippen LogP contribution < -0.4 is 10.6 Å². The third-order valence-electron chi connectivity index (χ3n) is 4.81. The van der Waals surface area contributed by atoms with Crippen molar-refractivity contribution < 1.29 is 4.74 Å². The molecular weight excluding hydrogens is 342 g/mol. The summed E-state index contributed by atoms with van der Waals surface area (Å²) in [7, 11) is 3.87. The molecule has 0 bridgehead atoms. The molecule has 8 heteroatoms. The van der Waals surface area contributed by atoms with Gasteiger partial charge in [0.05, 0.1) is 6.54 Å². The lowest BCUT2D eigenvalue weighted by Crippen LogP contribution is -2.39. The number of likely N-dealkylation sites (N-methyl/N-ethyl adjacent to an activating group) is 1. The molecule has 1 aromatic heterocycles. The molecule has 8 nitrogen and oxygen atoms in total. The van der Waals surface area contributed by atoms with E-state index in [-0.39, 0.29) is 0 Å². The summed E-state index contributed by atoms with van der Waals surface area (Å²) in [4.78, 5) is 6.97. The maximum absolute atomic E-state index is 5.10. The molecule has 0 amide bonds. The van der Waals surface area contributed by atoms with Crippen LogP contribution in [0.15, 0.2) is 4.99 Å². The van der Waals surface area contributed by atoms with Gasteiger partial charge in [-0.15, -0.1) is 10.2 Å². The number of aryl methyl sites for hydroxylation is 1. The van der Waals surface area contributed by atoms with Gasteiger partial charge in [0.1, 0.15) is 11.6 Å². The zero-order chi connectivity index (χ0) is 19.3. The standard InChI is InChI=1S/C19H37N7O/c1-4-20-19(22-12-15-25(2)13-8-16-27-3)21-11-10-18-24-23-17-9-6-5-7-14-26(17)18/h4-16H2,1-3H3,(H2,20,21,22). The summed E-state index contributed by atoms with van der Waals surface area (Å²) in [6.07, 6.45) is 6.73. The summed E-state index contributed by atoms with van der Waals surface area (Å²) < 4.78 is 7.41. The van der Waals surface area contributed by atoms with Crippen LogP contribution >= 0.6 is 0 Å². The number of methoxy groups -OCH3 is 1. The van der Waals surface area contributed by atoms with Crippen LogP contribution in [0.5, 0.6) is 0 Å². The van der Waals surface area contributed by atoms with Crippen LogP contribution in [0.25, 0.3) is 0 Å². The topological polar surface area (TPSA) is 79.6 Å². The van der Waals surface area contributed by atoms with E-state index in [1.54, 1.807) is 7.11 Å². The number of ether oxygens (including phenoxy) is 1. The van der Waals surface area contributed by atoms with Crippen molar-refractivity contribution in [3.05, 3.63) is 11.6 Å². The number of hydrogen-bond acceptors (Lipinski definition) is 5. The lowest BCUT2D eigenvalue weighted by Gasteiger charge is -2.16. The van der Waals surface area contributed by atoms with Crippen molar-refractivity contribution in [3.8, 4) is 0 Å². The van der Waals surface area contributed by atoms with Crippen molar-refractivity contribution in [2.24, 2.45) is 4.99 Å². The van der Waals surface area contributed by atoms with E-state index in [9.17, 15) is 0 Å². The minimum absolute atomic E-state index is 0.777. The molecule has 1 aliphatic heterocycles. The molecule has 0 aliphatic carbocycles. The second-order valence-electron chi connectivity index (χ2n) is 7.08. The van der Waals surface area contributed by atoms with E-state index in [1.807, 2.05) is 0 Å².